The van der Waals surface area contributed by atoms with Gasteiger partial charge < -0.3 is 15.6 Å². The molecule has 1 rings (SSSR count). The largest absolute Gasteiger partial charge is 0.394 e. The summed E-state index contributed by atoms with van der Waals surface area (Å²) >= 11 is 0. The Labute approximate surface area is 88.9 Å². The van der Waals surface area contributed by atoms with Crippen LogP contribution in [0.1, 0.15) is 0 Å². The number of hydrazone groups is 1. The van der Waals surface area contributed by atoms with E-state index >= 15 is 0 Å². The van der Waals surface area contributed by atoms with Crippen molar-refractivity contribution in [1.82, 2.24) is 9.80 Å². The topological polar surface area (TPSA) is 119 Å². The molecule has 1 heterocycles. The van der Waals surface area contributed by atoms with Gasteiger partial charge in [-0.3, -0.25) is 9.11 Å². The van der Waals surface area contributed by atoms with E-state index in [0.717, 1.165) is 26.2 Å². The first-order valence-electron chi connectivity index (χ1n) is 4.19. The Morgan fingerprint density at radius 1 is 1.27 bits per heavy atom. The summed E-state index contributed by atoms with van der Waals surface area (Å²) < 4.78 is 31.6. The van der Waals surface area contributed by atoms with Crippen molar-refractivity contribution >= 4 is 16.7 Å². The van der Waals surface area contributed by atoms with Crippen molar-refractivity contribution in [1.29, 1.82) is 0 Å². The van der Waals surface area contributed by atoms with Crippen molar-refractivity contribution in [3.05, 3.63) is 0 Å². The summed E-state index contributed by atoms with van der Waals surface area (Å²) in [7, 11) is -2.54. The second-order valence-corrected chi connectivity index (χ2v) is 3.95. The quantitative estimate of drug-likeness (QED) is 0.167. The van der Waals surface area contributed by atoms with Crippen molar-refractivity contribution in [2.24, 2.45) is 10.9 Å². The van der Waals surface area contributed by atoms with Gasteiger partial charge in [0.05, 0.1) is 0 Å². The van der Waals surface area contributed by atoms with Crippen LogP contribution in [0.3, 0.4) is 0 Å². The van der Waals surface area contributed by atoms with Gasteiger partial charge in [-0.25, -0.2) is 0 Å². The second kappa shape index (κ2) is 6.56. The van der Waals surface area contributed by atoms with Crippen LogP contribution in [0.2, 0.25) is 0 Å². The Balaban J connectivity index is 0.000000336. The summed E-state index contributed by atoms with van der Waals surface area (Å²) in [5.74, 6) is 5.01. The Kier molecular flexibility index (Phi) is 6.17. The zero-order chi connectivity index (χ0) is 11.9. The Morgan fingerprint density at radius 2 is 1.67 bits per heavy atom. The highest BCUT2D eigenvalue weighted by Crippen LogP contribution is 1.94. The first kappa shape index (κ1) is 14.1. The molecule has 0 aromatic heterocycles. The van der Waals surface area contributed by atoms with Crippen molar-refractivity contribution < 1.29 is 17.5 Å². The molecule has 0 aliphatic carbocycles. The third kappa shape index (κ3) is 11.0. The number of likely N-dealkylation sites (N-methyl/N-ethyl adjacent to an activating group) is 1. The van der Waals surface area contributed by atoms with Crippen LogP contribution >= 0.6 is 0 Å². The molecule has 0 amide bonds. The maximum absolute atomic E-state index is 8.74. The van der Waals surface area contributed by atoms with E-state index in [0.29, 0.717) is 0 Å². The van der Waals surface area contributed by atoms with Gasteiger partial charge >= 0.3 is 10.4 Å². The Morgan fingerprint density at radius 3 is 2.00 bits per heavy atom. The number of nitrogens with two attached hydrogens (primary N) is 1. The third-order valence-corrected chi connectivity index (χ3v) is 1.77. The van der Waals surface area contributed by atoms with Gasteiger partial charge in [0.25, 0.3) is 0 Å². The fourth-order valence-electron chi connectivity index (χ4n) is 1.03. The minimum atomic E-state index is -4.67. The number of rotatable bonds is 1. The lowest BCUT2D eigenvalue weighted by molar-refractivity contribution is 0.219. The average molecular weight is 240 g/mol. The standard InChI is InChI=1S/C6H14N4.H2O4S/c1-9-2-4-10(5-3-9)6-8-7;1-5(2,3)4/h6H,2-5,7H2,1H3;(H2,1,2,3,4). The molecule has 0 aromatic rings. The van der Waals surface area contributed by atoms with Crippen LogP contribution in [0, 0.1) is 0 Å². The summed E-state index contributed by atoms with van der Waals surface area (Å²) in [5.41, 5.74) is 0. The predicted molar refractivity (Wildman–Crippen MR) is 55.9 cm³/mol. The van der Waals surface area contributed by atoms with Crippen LogP contribution in [0.4, 0.5) is 0 Å². The number of hydrogen-bond acceptors (Lipinski definition) is 5. The van der Waals surface area contributed by atoms with E-state index in [1.54, 1.807) is 6.34 Å². The molecule has 90 valence electrons. The van der Waals surface area contributed by atoms with Crippen molar-refractivity contribution in [2.45, 2.75) is 0 Å². The molecule has 0 spiro atoms. The molecule has 0 atom stereocenters. The van der Waals surface area contributed by atoms with Gasteiger partial charge in [-0.15, -0.1) is 0 Å². The van der Waals surface area contributed by atoms with Gasteiger partial charge in [-0.05, 0) is 7.05 Å². The van der Waals surface area contributed by atoms with E-state index in [2.05, 4.69) is 21.9 Å². The summed E-state index contributed by atoms with van der Waals surface area (Å²) in [6.45, 7) is 4.28. The van der Waals surface area contributed by atoms with Crippen molar-refractivity contribution in [2.75, 3.05) is 33.2 Å². The van der Waals surface area contributed by atoms with Gasteiger partial charge in [0, 0.05) is 26.2 Å². The zero-order valence-electron chi connectivity index (χ0n) is 8.44. The molecule has 1 saturated heterocycles. The summed E-state index contributed by atoms with van der Waals surface area (Å²) in [6, 6.07) is 0. The molecule has 0 radical (unpaired) electrons. The maximum atomic E-state index is 8.74. The summed E-state index contributed by atoms with van der Waals surface area (Å²) in [4.78, 5) is 4.42. The Bertz CT molecular complexity index is 276. The molecule has 1 fully saturated rings. The van der Waals surface area contributed by atoms with Crippen LogP contribution in [-0.2, 0) is 10.4 Å². The summed E-state index contributed by atoms with van der Waals surface area (Å²) in [6.07, 6.45) is 1.70. The molecule has 0 aromatic carbocycles. The highest BCUT2D eigenvalue weighted by atomic mass is 32.3. The highest BCUT2D eigenvalue weighted by molar-refractivity contribution is 7.79. The van der Waals surface area contributed by atoms with Crippen molar-refractivity contribution in [3.8, 4) is 0 Å². The van der Waals surface area contributed by atoms with E-state index in [4.69, 9.17) is 23.4 Å². The predicted octanol–water partition coefficient (Wildman–Crippen LogP) is -1.52. The third-order valence-electron chi connectivity index (χ3n) is 1.77. The minimum absolute atomic E-state index is 1.04. The van der Waals surface area contributed by atoms with Gasteiger partial charge in [0.1, 0.15) is 6.34 Å². The van der Waals surface area contributed by atoms with Crippen LogP contribution in [-0.4, -0.2) is 66.9 Å². The fourth-order valence-corrected chi connectivity index (χ4v) is 1.03. The average Bonchev–Trinajstić information content (AvgIpc) is 2.06. The fraction of sp³-hybridized carbons (Fsp3) is 0.833. The van der Waals surface area contributed by atoms with Gasteiger partial charge in [-0.2, -0.15) is 13.5 Å². The second-order valence-electron chi connectivity index (χ2n) is 3.05. The van der Waals surface area contributed by atoms with Gasteiger partial charge in [0.15, 0.2) is 0 Å². The van der Waals surface area contributed by atoms with Crippen LogP contribution in [0.15, 0.2) is 5.10 Å². The SMILES string of the molecule is CN1CCN(C=NN)CC1.O=S(=O)(O)O. The van der Waals surface area contributed by atoms with Crippen LogP contribution in [0.5, 0.6) is 0 Å². The van der Waals surface area contributed by atoms with E-state index < -0.39 is 10.4 Å². The molecule has 8 nitrogen and oxygen atoms in total. The van der Waals surface area contributed by atoms with E-state index in [-0.39, 0.29) is 0 Å². The number of nitrogens with zero attached hydrogens (tertiary/aromatic N) is 3. The lowest BCUT2D eigenvalue weighted by Gasteiger charge is -2.30. The Hall–Kier alpha value is -0.900. The number of piperazine rings is 1. The number of hydrogen-bond donors (Lipinski definition) is 3. The monoisotopic (exact) mass is 240 g/mol. The van der Waals surface area contributed by atoms with Crippen molar-refractivity contribution in [3.63, 3.8) is 0 Å². The smallest absolute Gasteiger partial charge is 0.359 e. The molecular weight excluding hydrogens is 224 g/mol. The molecule has 4 N–H and O–H groups in total. The molecule has 0 bridgehead atoms. The summed E-state index contributed by atoms with van der Waals surface area (Å²) in [5, 5.41) is 3.47. The van der Waals surface area contributed by atoms with Gasteiger partial charge in [-0.1, -0.05) is 0 Å². The molecule has 0 unspecified atom stereocenters. The van der Waals surface area contributed by atoms with Crippen LogP contribution < -0.4 is 5.84 Å². The molecule has 1 aliphatic heterocycles. The lowest BCUT2D eigenvalue weighted by Crippen LogP contribution is -2.43. The molecule has 1 aliphatic rings. The lowest BCUT2D eigenvalue weighted by atomic mass is 10.4. The zero-order valence-corrected chi connectivity index (χ0v) is 9.26. The molecule has 15 heavy (non-hydrogen) atoms. The maximum Gasteiger partial charge on any atom is 0.394 e. The normalized spacial score (nSPS) is 18.7. The molecular formula is C6H16N4O4S. The van der Waals surface area contributed by atoms with E-state index in [9.17, 15) is 0 Å². The van der Waals surface area contributed by atoms with E-state index in [1.807, 2.05) is 0 Å². The minimum Gasteiger partial charge on any atom is -0.359 e. The first-order valence-corrected chi connectivity index (χ1v) is 5.58. The van der Waals surface area contributed by atoms with Gasteiger partial charge in [0.2, 0.25) is 0 Å². The molecule has 0 saturated carbocycles. The molecule has 9 heteroatoms. The van der Waals surface area contributed by atoms with E-state index in [1.165, 1.54) is 0 Å². The first-order chi connectivity index (χ1) is 6.83. The highest BCUT2D eigenvalue weighted by Gasteiger charge is 2.09. The van der Waals surface area contributed by atoms with Crippen LogP contribution in [0.25, 0.3) is 0 Å².